The fraction of sp³-hybridized carbons (Fsp3) is 0.146. The molecule has 0 aliphatic rings. The Kier molecular flexibility index (Phi) is 13.5. The van der Waals surface area contributed by atoms with Crippen LogP contribution in [-0.4, -0.2) is 50.7 Å². The smallest absolute Gasteiger partial charge is 0.744 e. The molecular formula is C41H32Li2N10O6S4. The summed E-state index contributed by atoms with van der Waals surface area (Å²) in [5.41, 5.74) is 7.55. The monoisotopic (exact) mass is 902 g/mol. The number of hydrogen-bond donors (Lipinski definition) is 1. The molecule has 22 heteroatoms. The van der Waals surface area contributed by atoms with Crippen LogP contribution in [0.25, 0.3) is 25.6 Å². The Hall–Kier alpha value is -5.28. The van der Waals surface area contributed by atoms with E-state index in [1.54, 1.807) is 6.92 Å². The quantitative estimate of drug-likeness (QED) is 0.117. The molecule has 0 spiro atoms. The summed E-state index contributed by atoms with van der Waals surface area (Å²) in [5, 5.41) is 28.3. The van der Waals surface area contributed by atoms with E-state index in [2.05, 4.69) is 26.6 Å². The van der Waals surface area contributed by atoms with Crippen LogP contribution in [-0.2, 0) is 20.2 Å². The van der Waals surface area contributed by atoms with Gasteiger partial charge in [-0.25, -0.2) is 31.8 Å². The van der Waals surface area contributed by atoms with Crippen LogP contribution < -0.4 is 47.9 Å². The molecular weight excluding hydrogens is 871 g/mol. The van der Waals surface area contributed by atoms with Crippen LogP contribution in [0, 0.1) is 52.9 Å². The van der Waals surface area contributed by atoms with Gasteiger partial charge in [0.25, 0.3) is 0 Å². The molecule has 16 nitrogen and oxygen atoms in total. The molecule has 308 valence electrons. The van der Waals surface area contributed by atoms with Crippen LogP contribution in [0.1, 0.15) is 39.1 Å². The zero-order valence-corrected chi connectivity index (χ0v) is 38.4. The molecule has 1 N–H and O–H groups in total. The van der Waals surface area contributed by atoms with Gasteiger partial charge < -0.3 is 14.4 Å². The number of nitrogens with zero attached hydrogens (tertiary/aromatic N) is 9. The molecule has 0 aliphatic carbocycles. The Bertz CT molecular complexity index is 3380. The number of nitrogens with one attached hydrogen (secondary N) is 1. The zero-order valence-electron chi connectivity index (χ0n) is 35.1. The van der Waals surface area contributed by atoms with Crippen molar-refractivity contribution in [3.8, 4) is 11.2 Å². The first-order valence-electron chi connectivity index (χ1n) is 18.3. The fourth-order valence-corrected chi connectivity index (χ4v) is 9.95. The van der Waals surface area contributed by atoms with Crippen molar-refractivity contribution in [3.63, 3.8) is 0 Å². The van der Waals surface area contributed by atoms with Gasteiger partial charge in [-0.15, -0.1) is 10.2 Å². The van der Waals surface area contributed by atoms with Gasteiger partial charge in [0, 0.05) is 5.69 Å². The molecule has 0 saturated heterocycles. The van der Waals surface area contributed by atoms with Crippen LogP contribution >= 0.6 is 22.7 Å². The second-order valence-electron chi connectivity index (χ2n) is 14.1. The van der Waals surface area contributed by atoms with Crippen LogP contribution in [0.4, 0.5) is 39.6 Å². The third-order valence-electron chi connectivity index (χ3n) is 9.83. The Morgan fingerprint density at radius 2 is 1.27 bits per heavy atom. The molecule has 0 saturated carbocycles. The number of pyridine rings is 1. The maximum atomic E-state index is 11.9. The number of rotatable bonds is 10. The van der Waals surface area contributed by atoms with E-state index in [-0.39, 0.29) is 59.1 Å². The van der Waals surface area contributed by atoms with E-state index in [9.17, 15) is 31.2 Å². The van der Waals surface area contributed by atoms with Crippen molar-refractivity contribution in [3.05, 3.63) is 118 Å². The minimum Gasteiger partial charge on any atom is -0.744 e. The number of anilines is 5. The van der Waals surface area contributed by atoms with Gasteiger partial charge >= 0.3 is 37.7 Å². The third kappa shape index (κ3) is 9.22. The van der Waals surface area contributed by atoms with Crippen LogP contribution in [0.5, 0.6) is 0 Å². The van der Waals surface area contributed by atoms with Crippen LogP contribution in [0.15, 0.2) is 98.9 Å². The van der Waals surface area contributed by atoms with E-state index in [0.717, 1.165) is 45.0 Å². The topological polar surface area (TPSA) is 235 Å². The van der Waals surface area contributed by atoms with Crippen molar-refractivity contribution >= 4 is 103 Å². The molecule has 0 fully saturated rings. The fourth-order valence-electron chi connectivity index (χ4n) is 6.82. The molecule has 0 unspecified atom stereocenters. The largest absolute Gasteiger partial charge is 1.00 e. The Labute approximate surface area is 394 Å². The molecule has 8 aromatic rings. The van der Waals surface area contributed by atoms with Crippen LogP contribution in [0.3, 0.4) is 0 Å². The van der Waals surface area contributed by atoms with E-state index < -0.39 is 25.1 Å². The van der Waals surface area contributed by atoms with Crippen molar-refractivity contribution in [1.82, 2.24) is 24.7 Å². The number of aromatic nitrogens is 5. The summed E-state index contributed by atoms with van der Waals surface area (Å²) in [4.78, 5) is 15.8. The summed E-state index contributed by atoms with van der Waals surface area (Å²) < 4.78 is 73.3. The van der Waals surface area contributed by atoms with E-state index in [1.807, 2.05) is 82.0 Å². The van der Waals surface area contributed by atoms with Crippen molar-refractivity contribution in [2.75, 3.05) is 10.2 Å². The first-order chi connectivity index (χ1) is 28.9. The van der Waals surface area contributed by atoms with Crippen molar-refractivity contribution in [2.45, 2.75) is 51.3 Å². The first kappa shape index (κ1) is 47.2. The molecule has 63 heavy (non-hydrogen) atoms. The Balaban J connectivity index is 0.00000330. The van der Waals surface area contributed by atoms with Gasteiger partial charge in [-0.3, -0.25) is 4.90 Å². The van der Waals surface area contributed by atoms with Gasteiger partial charge in [0.05, 0.1) is 41.6 Å². The molecule has 0 atom stereocenters. The average molecular weight is 903 g/mol. The number of azo groups is 1. The molecule has 0 radical (unpaired) electrons. The van der Waals surface area contributed by atoms with Gasteiger partial charge in [-0.05, 0) is 112 Å². The van der Waals surface area contributed by atoms with Gasteiger partial charge in [-0.1, -0.05) is 59.1 Å². The number of nitriles is 1. The van der Waals surface area contributed by atoms with E-state index in [0.29, 0.717) is 54.1 Å². The normalized spacial score (nSPS) is 11.7. The summed E-state index contributed by atoms with van der Waals surface area (Å²) >= 11 is 2.26. The average Bonchev–Trinajstić information content (AvgIpc) is 3.90. The SMILES string of the molecule is Cc1cc(N(c2nc3ccc(S(=O)(=O)[O-])cc3s2)c2c(C)cccc2C)nc(Nc2c(C)cccc2C)c1N=Nc1c(C#N)c(C)nn1-c1nc2ccc(S(=O)(=O)[O-])cc2s1.[Li+].[Li+]. The van der Waals surface area contributed by atoms with Gasteiger partial charge in [-0.2, -0.15) is 15.0 Å². The number of fused-ring (bicyclic) bond motifs is 2. The molecule has 0 bridgehead atoms. The summed E-state index contributed by atoms with van der Waals surface area (Å²) in [6.45, 7) is 11.3. The predicted octanol–water partition coefficient (Wildman–Crippen LogP) is 3.65. The molecule has 4 aromatic heterocycles. The van der Waals surface area contributed by atoms with Gasteiger partial charge in [0.15, 0.2) is 16.8 Å². The van der Waals surface area contributed by atoms with E-state index in [1.165, 1.54) is 52.4 Å². The minimum absolute atomic E-state index is 0. The van der Waals surface area contributed by atoms with Crippen molar-refractivity contribution in [1.29, 1.82) is 5.26 Å². The van der Waals surface area contributed by atoms with Crippen molar-refractivity contribution < 1.29 is 63.7 Å². The number of hydrogen-bond acceptors (Lipinski definition) is 17. The molecule has 4 heterocycles. The Morgan fingerprint density at radius 1 is 0.714 bits per heavy atom. The number of aryl methyl sites for hydroxylation is 6. The molecule has 4 aromatic carbocycles. The number of thiazole rings is 2. The molecule has 0 amide bonds. The second kappa shape index (κ2) is 18.1. The standard InChI is InChI=1S/C41H34N10O6S4.2Li/c1-21-9-7-10-22(2)35(21)46-38-36(47-48-39-29(20-42)26(6)49-51(39)41-44-31-16-14-28(61(55,56)57)19-33(31)59-41)25(5)17-34(45-38)50(37-23(3)11-8-12-24(37)4)40-43-30-15-13-27(60(52,53)54)18-32(30)58-40;;/h7-19H,1-6H3,(H,45,46)(H,52,53,54)(H,55,56,57);;/q;2*+1/p-2. The molecule has 8 rings (SSSR count). The number of para-hydroxylation sites is 2. The summed E-state index contributed by atoms with van der Waals surface area (Å²) in [7, 11) is -9.43. The summed E-state index contributed by atoms with van der Waals surface area (Å²) in [5.74, 6) is 0.801. The summed E-state index contributed by atoms with van der Waals surface area (Å²) in [6, 6.07) is 23.6. The maximum absolute atomic E-state index is 11.9. The number of benzene rings is 4. The van der Waals surface area contributed by atoms with Gasteiger partial charge in [0.1, 0.15) is 43.4 Å². The summed E-state index contributed by atoms with van der Waals surface area (Å²) in [6.07, 6.45) is 0. The van der Waals surface area contributed by atoms with Crippen molar-refractivity contribution in [2.24, 2.45) is 10.2 Å². The minimum atomic E-state index is -4.72. The molecule has 0 aliphatic heterocycles. The third-order valence-corrected chi connectivity index (χ3v) is 13.5. The predicted molar refractivity (Wildman–Crippen MR) is 232 cm³/mol. The zero-order chi connectivity index (χ0) is 43.5. The van der Waals surface area contributed by atoms with E-state index >= 15 is 0 Å². The maximum Gasteiger partial charge on any atom is 1.00 e. The Morgan fingerprint density at radius 3 is 1.84 bits per heavy atom. The second-order valence-corrected chi connectivity index (χ2v) is 18.9. The first-order valence-corrected chi connectivity index (χ1v) is 22.7. The van der Waals surface area contributed by atoms with Gasteiger partial charge in [0.2, 0.25) is 5.13 Å². The van der Waals surface area contributed by atoms with E-state index in [4.69, 9.17) is 15.1 Å². The van der Waals surface area contributed by atoms with Crippen LogP contribution in [0.2, 0.25) is 0 Å².